The molecule has 2 aromatic heterocycles. The highest BCUT2D eigenvalue weighted by Crippen LogP contribution is 2.40. The van der Waals surface area contributed by atoms with E-state index in [0.717, 1.165) is 29.0 Å². The van der Waals surface area contributed by atoms with E-state index in [4.69, 9.17) is 10.1 Å². The molecule has 0 saturated carbocycles. The van der Waals surface area contributed by atoms with E-state index in [9.17, 15) is 4.79 Å². The molecule has 6 heteroatoms. The SMILES string of the molecule is CCn1nc(SCc2ccccc2)n2c(=O)c3c(nc12)-c1ccccc1CC3(C)C. The number of rotatable bonds is 4. The summed E-state index contributed by atoms with van der Waals surface area (Å²) in [5.41, 5.74) is 4.82. The van der Waals surface area contributed by atoms with Crippen molar-refractivity contribution in [3.05, 3.63) is 81.6 Å². The van der Waals surface area contributed by atoms with Gasteiger partial charge in [0.2, 0.25) is 5.78 Å². The average molecular weight is 417 g/mol. The van der Waals surface area contributed by atoms with Crippen molar-refractivity contribution in [3.63, 3.8) is 0 Å². The fourth-order valence-corrected chi connectivity index (χ4v) is 5.29. The first-order valence-corrected chi connectivity index (χ1v) is 11.3. The molecule has 1 aliphatic carbocycles. The highest BCUT2D eigenvalue weighted by Gasteiger charge is 2.36. The fourth-order valence-electron chi connectivity index (χ4n) is 4.35. The third-order valence-electron chi connectivity index (χ3n) is 5.79. The molecule has 1 aliphatic rings. The predicted molar refractivity (Wildman–Crippen MR) is 121 cm³/mol. The summed E-state index contributed by atoms with van der Waals surface area (Å²) in [6.07, 6.45) is 0.827. The monoisotopic (exact) mass is 416 g/mol. The fraction of sp³-hybridized carbons (Fsp3) is 0.292. The van der Waals surface area contributed by atoms with E-state index in [1.165, 1.54) is 11.1 Å². The topological polar surface area (TPSA) is 52.2 Å². The highest BCUT2D eigenvalue weighted by atomic mass is 32.2. The Balaban J connectivity index is 1.72. The Morgan fingerprint density at radius 2 is 1.80 bits per heavy atom. The minimum atomic E-state index is -0.287. The van der Waals surface area contributed by atoms with E-state index >= 15 is 0 Å². The van der Waals surface area contributed by atoms with Crippen LogP contribution in [-0.4, -0.2) is 19.2 Å². The number of benzene rings is 2. The first-order chi connectivity index (χ1) is 14.5. The van der Waals surface area contributed by atoms with Gasteiger partial charge in [0.25, 0.3) is 5.56 Å². The van der Waals surface area contributed by atoms with Gasteiger partial charge in [-0.05, 0) is 24.5 Å². The first-order valence-electron chi connectivity index (χ1n) is 10.3. The van der Waals surface area contributed by atoms with Crippen molar-refractivity contribution < 1.29 is 0 Å². The van der Waals surface area contributed by atoms with Crippen LogP contribution in [0.5, 0.6) is 0 Å². The molecular weight excluding hydrogens is 392 g/mol. The second-order valence-corrected chi connectivity index (χ2v) is 9.31. The molecule has 5 rings (SSSR count). The Morgan fingerprint density at radius 1 is 1.07 bits per heavy atom. The molecular formula is C24H24N4OS. The minimum Gasteiger partial charge on any atom is -0.268 e. The molecule has 0 saturated heterocycles. The third-order valence-corrected chi connectivity index (χ3v) is 6.79. The van der Waals surface area contributed by atoms with Gasteiger partial charge >= 0.3 is 0 Å². The summed E-state index contributed by atoms with van der Waals surface area (Å²) < 4.78 is 3.55. The number of hydrogen-bond donors (Lipinski definition) is 0. The van der Waals surface area contributed by atoms with Gasteiger partial charge < -0.3 is 0 Å². The second kappa shape index (κ2) is 7.13. The second-order valence-electron chi connectivity index (χ2n) is 8.37. The van der Waals surface area contributed by atoms with Crippen molar-refractivity contribution in [1.82, 2.24) is 19.2 Å². The van der Waals surface area contributed by atoms with Gasteiger partial charge in [0, 0.05) is 23.3 Å². The summed E-state index contributed by atoms with van der Waals surface area (Å²) in [6.45, 7) is 6.96. The standard InChI is InChI=1S/C24H24N4OS/c1-4-27-22-25-20-18-13-9-8-12-17(18)14-24(2,3)19(20)21(29)28(22)23(26-27)30-15-16-10-6-5-7-11-16/h5-13H,4,14-15H2,1-3H3. The highest BCUT2D eigenvalue weighted by molar-refractivity contribution is 7.98. The molecule has 2 aromatic carbocycles. The maximum Gasteiger partial charge on any atom is 0.265 e. The molecule has 0 bridgehead atoms. The zero-order valence-corrected chi connectivity index (χ0v) is 18.2. The van der Waals surface area contributed by atoms with Crippen molar-refractivity contribution in [2.24, 2.45) is 0 Å². The molecule has 0 spiro atoms. The van der Waals surface area contributed by atoms with Crippen molar-refractivity contribution in [3.8, 4) is 11.3 Å². The van der Waals surface area contributed by atoms with E-state index in [0.29, 0.717) is 17.5 Å². The zero-order chi connectivity index (χ0) is 20.9. The van der Waals surface area contributed by atoms with Crippen LogP contribution in [0.2, 0.25) is 0 Å². The van der Waals surface area contributed by atoms with Crippen LogP contribution >= 0.6 is 11.8 Å². The summed E-state index contributed by atoms with van der Waals surface area (Å²) in [4.78, 5) is 18.8. The average Bonchev–Trinajstić information content (AvgIpc) is 3.10. The van der Waals surface area contributed by atoms with Crippen LogP contribution in [-0.2, 0) is 24.1 Å². The van der Waals surface area contributed by atoms with Crippen LogP contribution < -0.4 is 5.56 Å². The number of hydrogen-bond acceptors (Lipinski definition) is 4. The number of aryl methyl sites for hydroxylation is 1. The van der Waals surface area contributed by atoms with Crippen LogP contribution in [0, 0.1) is 0 Å². The lowest BCUT2D eigenvalue weighted by molar-refractivity contribution is 0.505. The molecule has 0 aliphatic heterocycles. The smallest absolute Gasteiger partial charge is 0.265 e. The zero-order valence-electron chi connectivity index (χ0n) is 17.4. The molecule has 0 unspecified atom stereocenters. The molecule has 152 valence electrons. The van der Waals surface area contributed by atoms with Crippen LogP contribution in [0.15, 0.2) is 64.5 Å². The molecule has 5 nitrogen and oxygen atoms in total. The van der Waals surface area contributed by atoms with E-state index in [2.05, 4.69) is 44.2 Å². The molecule has 0 radical (unpaired) electrons. The molecule has 0 atom stereocenters. The Labute approximate surface area is 179 Å². The molecule has 0 N–H and O–H groups in total. The predicted octanol–water partition coefficient (Wildman–Crippen LogP) is 4.70. The summed E-state index contributed by atoms with van der Waals surface area (Å²) in [5, 5.41) is 5.44. The number of thioether (sulfide) groups is 1. The lowest BCUT2D eigenvalue weighted by atomic mass is 9.72. The largest absolute Gasteiger partial charge is 0.268 e. The van der Waals surface area contributed by atoms with E-state index in [1.807, 2.05) is 35.9 Å². The molecule has 30 heavy (non-hydrogen) atoms. The van der Waals surface area contributed by atoms with Crippen molar-refractivity contribution in [2.45, 2.75) is 50.1 Å². The van der Waals surface area contributed by atoms with Gasteiger partial charge in [-0.2, -0.15) is 0 Å². The maximum atomic E-state index is 13.8. The summed E-state index contributed by atoms with van der Waals surface area (Å²) in [6, 6.07) is 18.5. The van der Waals surface area contributed by atoms with E-state index in [-0.39, 0.29) is 11.0 Å². The normalized spacial score (nSPS) is 14.5. The molecule has 0 amide bonds. The summed E-state index contributed by atoms with van der Waals surface area (Å²) in [5.74, 6) is 1.37. The van der Waals surface area contributed by atoms with Gasteiger partial charge in [0.05, 0.1) is 11.3 Å². The van der Waals surface area contributed by atoms with E-state index in [1.54, 1.807) is 16.2 Å². The Bertz CT molecular complexity index is 1300. The van der Waals surface area contributed by atoms with Gasteiger partial charge in [-0.15, -0.1) is 5.10 Å². The number of fused-ring (bicyclic) bond motifs is 4. The summed E-state index contributed by atoms with van der Waals surface area (Å²) in [7, 11) is 0. The Hall–Kier alpha value is -2.86. The van der Waals surface area contributed by atoms with Gasteiger partial charge in [-0.1, -0.05) is 80.2 Å². The van der Waals surface area contributed by atoms with Crippen molar-refractivity contribution in [2.75, 3.05) is 0 Å². The van der Waals surface area contributed by atoms with Crippen LogP contribution in [0.3, 0.4) is 0 Å². The molecule has 0 fully saturated rings. The van der Waals surface area contributed by atoms with Gasteiger partial charge in [-0.3, -0.25) is 4.79 Å². The Kier molecular flexibility index (Phi) is 4.54. The number of nitrogens with zero attached hydrogens (tertiary/aromatic N) is 4. The van der Waals surface area contributed by atoms with Gasteiger partial charge in [0.1, 0.15) is 0 Å². The van der Waals surface area contributed by atoms with Crippen molar-refractivity contribution in [1.29, 1.82) is 0 Å². The van der Waals surface area contributed by atoms with Gasteiger partial charge in [0.15, 0.2) is 5.16 Å². The van der Waals surface area contributed by atoms with Crippen molar-refractivity contribution >= 4 is 17.5 Å². The first kappa shape index (κ1) is 19.1. The molecule has 2 heterocycles. The van der Waals surface area contributed by atoms with Crippen LogP contribution in [0.25, 0.3) is 17.0 Å². The maximum absolute atomic E-state index is 13.8. The number of aromatic nitrogens is 4. The summed E-state index contributed by atoms with van der Waals surface area (Å²) >= 11 is 1.58. The third kappa shape index (κ3) is 2.98. The lowest BCUT2D eigenvalue weighted by Gasteiger charge is -2.32. The minimum absolute atomic E-state index is 0.00441. The molecule has 4 aromatic rings. The lowest BCUT2D eigenvalue weighted by Crippen LogP contribution is -2.36. The van der Waals surface area contributed by atoms with Crippen LogP contribution in [0.4, 0.5) is 0 Å². The quantitative estimate of drug-likeness (QED) is 0.452. The Morgan fingerprint density at radius 3 is 2.57 bits per heavy atom. The van der Waals surface area contributed by atoms with Crippen LogP contribution in [0.1, 0.15) is 37.5 Å². The van der Waals surface area contributed by atoms with Gasteiger partial charge in [-0.25, -0.2) is 14.1 Å². The van der Waals surface area contributed by atoms with E-state index < -0.39 is 0 Å².